The summed E-state index contributed by atoms with van der Waals surface area (Å²) in [6.07, 6.45) is -1.55. The lowest BCUT2D eigenvalue weighted by Crippen LogP contribution is -2.48. The van der Waals surface area contributed by atoms with Crippen molar-refractivity contribution >= 4 is 35.9 Å². The molecule has 2 aromatic rings. The first kappa shape index (κ1) is 32.8. The van der Waals surface area contributed by atoms with E-state index in [0.29, 0.717) is 0 Å². The van der Waals surface area contributed by atoms with E-state index in [-0.39, 0.29) is 24.0 Å². The first-order chi connectivity index (χ1) is 19.7. The van der Waals surface area contributed by atoms with Crippen molar-refractivity contribution in [2.75, 3.05) is 25.2 Å². The highest BCUT2D eigenvalue weighted by Gasteiger charge is 2.32. The average Bonchev–Trinajstić information content (AvgIpc) is 3.22. The lowest BCUT2D eigenvalue weighted by Gasteiger charge is -2.25. The van der Waals surface area contributed by atoms with E-state index in [0.717, 1.165) is 34.0 Å². The van der Waals surface area contributed by atoms with Crippen LogP contribution in [0.4, 0.5) is 9.59 Å². The van der Waals surface area contributed by atoms with Crippen LogP contribution in [0.1, 0.15) is 58.6 Å². The first-order valence-electron chi connectivity index (χ1n) is 13.7. The van der Waals surface area contributed by atoms with Crippen molar-refractivity contribution in [2.24, 2.45) is 0 Å². The zero-order valence-corrected chi connectivity index (χ0v) is 26.0. The Bertz CT molecular complexity index is 1240. The number of hydrogen-bond donors (Lipinski definition) is 2. The zero-order chi connectivity index (χ0) is 31.1. The first-order valence-corrected chi connectivity index (χ1v) is 14.8. The molecule has 2 amide bonds. The molecule has 42 heavy (non-hydrogen) atoms. The number of carbonyl (C=O) groups excluding carboxylic acids is 4. The number of amides is 2. The maximum Gasteiger partial charge on any atom is 0.408 e. The molecule has 0 saturated carbocycles. The Hall–Kier alpha value is -3.73. The zero-order valence-electron chi connectivity index (χ0n) is 25.1. The van der Waals surface area contributed by atoms with Crippen LogP contribution in [0.25, 0.3) is 11.1 Å². The molecule has 10 nitrogen and oxygen atoms in total. The van der Waals surface area contributed by atoms with Crippen molar-refractivity contribution in [2.45, 2.75) is 70.7 Å². The number of thioether (sulfide) groups is 1. The quantitative estimate of drug-likeness (QED) is 0.285. The molecule has 0 fully saturated rings. The predicted molar refractivity (Wildman–Crippen MR) is 160 cm³/mol. The summed E-state index contributed by atoms with van der Waals surface area (Å²) in [5.74, 6) is -1.37. The van der Waals surface area contributed by atoms with Gasteiger partial charge in [-0.15, -0.1) is 0 Å². The standard InChI is InChI=1S/C31H40N2O8S/c1-30(2,3)40-27(35)25(18-42-17-24(26(34)38-7)33-29(37)41-31(4,5)6)32-28(36)39-16-23-21-14-10-8-12-19(21)20-13-9-11-15-22(20)23/h8-15,23-25H,16-18H2,1-7H3,(H,32,36)(H,33,37)/t24-,25+/m1/s1. The highest BCUT2D eigenvalue weighted by molar-refractivity contribution is 7.99. The monoisotopic (exact) mass is 600 g/mol. The number of benzene rings is 2. The molecule has 0 saturated heterocycles. The van der Waals surface area contributed by atoms with Crippen molar-refractivity contribution in [3.05, 3.63) is 59.7 Å². The molecule has 0 radical (unpaired) electrons. The molecule has 0 aromatic heterocycles. The molecule has 1 aliphatic carbocycles. The van der Waals surface area contributed by atoms with Gasteiger partial charge in [0.1, 0.15) is 29.9 Å². The third-order valence-corrected chi connectivity index (χ3v) is 7.21. The van der Waals surface area contributed by atoms with Gasteiger partial charge in [0.05, 0.1) is 7.11 Å². The Morgan fingerprint density at radius 1 is 0.738 bits per heavy atom. The fourth-order valence-corrected chi connectivity index (χ4v) is 5.43. The SMILES string of the molecule is COC(=O)[C@@H](CSC[C@H](NC(=O)OCC1c2ccccc2-c2ccccc21)C(=O)OC(C)(C)C)NC(=O)OC(C)(C)C. The smallest absolute Gasteiger partial charge is 0.408 e. The minimum absolute atomic E-state index is 0.0442. The van der Waals surface area contributed by atoms with Crippen molar-refractivity contribution < 1.29 is 38.1 Å². The Morgan fingerprint density at radius 2 is 1.21 bits per heavy atom. The summed E-state index contributed by atoms with van der Waals surface area (Å²) < 4.78 is 21.2. The van der Waals surface area contributed by atoms with Crippen LogP contribution in [-0.4, -0.2) is 72.6 Å². The number of nitrogens with one attached hydrogen (secondary N) is 2. The maximum atomic E-state index is 13.0. The Balaban J connectivity index is 1.65. The Kier molecular flexibility index (Phi) is 10.9. The molecule has 0 spiro atoms. The third-order valence-electron chi connectivity index (χ3n) is 6.07. The summed E-state index contributed by atoms with van der Waals surface area (Å²) in [6, 6.07) is 13.9. The number of methoxy groups -OCH3 is 1. The summed E-state index contributed by atoms with van der Waals surface area (Å²) in [5, 5.41) is 5.10. The van der Waals surface area contributed by atoms with Crippen molar-refractivity contribution in [1.29, 1.82) is 0 Å². The van der Waals surface area contributed by atoms with Crippen LogP contribution >= 0.6 is 11.8 Å². The van der Waals surface area contributed by atoms with Gasteiger partial charge in [-0.05, 0) is 63.8 Å². The number of esters is 2. The minimum atomic E-state index is -1.08. The molecular weight excluding hydrogens is 560 g/mol. The maximum absolute atomic E-state index is 13.0. The van der Waals surface area contributed by atoms with E-state index in [1.807, 2.05) is 48.5 Å². The summed E-state index contributed by atoms with van der Waals surface area (Å²) in [4.78, 5) is 50.5. The van der Waals surface area contributed by atoms with Crippen LogP contribution in [0, 0.1) is 0 Å². The topological polar surface area (TPSA) is 129 Å². The second kappa shape index (κ2) is 14.0. The molecule has 2 aromatic carbocycles. The van der Waals surface area contributed by atoms with E-state index >= 15 is 0 Å². The molecule has 2 atom stereocenters. The van der Waals surface area contributed by atoms with Crippen molar-refractivity contribution in [3.8, 4) is 11.1 Å². The molecular formula is C31H40N2O8S. The van der Waals surface area contributed by atoms with E-state index in [9.17, 15) is 19.2 Å². The molecule has 2 N–H and O–H groups in total. The van der Waals surface area contributed by atoms with E-state index in [1.165, 1.54) is 7.11 Å². The second-order valence-corrected chi connectivity index (χ2v) is 12.9. The molecule has 3 rings (SSSR count). The van der Waals surface area contributed by atoms with E-state index in [1.54, 1.807) is 41.5 Å². The molecule has 0 unspecified atom stereocenters. The van der Waals surface area contributed by atoms with Gasteiger partial charge in [0, 0.05) is 17.4 Å². The summed E-state index contributed by atoms with van der Waals surface area (Å²) in [6.45, 7) is 10.4. The largest absolute Gasteiger partial charge is 0.467 e. The van der Waals surface area contributed by atoms with Gasteiger partial charge in [-0.1, -0.05) is 48.5 Å². The number of ether oxygens (including phenoxy) is 4. The van der Waals surface area contributed by atoms with Gasteiger partial charge in [-0.3, -0.25) is 0 Å². The predicted octanol–water partition coefficient (Wildman–Crippen LogP) is 5.03. The Morgan fingerprint density at radius 3 is 1.71 bits per heavy atom. The molecule has 228 valence electrons. The van der Waals surface area contributed by atoms with Crippen LogP contribution in [0.5, 0.6) is 0 Å². The van der Waals surface area contributed by atoms with Crippen molar-refractivity contribution in [1.82, 2.24) is 10.6 Å². The number of carbonyl (C=O) groups is 4. The molecule has 0 heterocycles. The van der Waals surface area contributed by atoms with Gasteiger partial charge in [-0.25, -0.2) is 19.2 Å². The fraction of sp³-hybridized carbons (Fsp3) is 0.484. The summed E-state index contributed by atoms with van der Waals surface area (Å²) in [5.41, 5.74) is 2.78. The average molecular weight is 601 g/mol. The number of rotatable bonds is 10. The van der Waals surface area contributed by atoms with Gasteiger partial charge in [0.2, 0.25) is 0 Å². The molecule has 0 aliphatic heterocycles. The van der Waals surface area contributed by atoms with Crippen LogP contribution in [0.2, 0.25) is 0 Å². The summed E-state index contributed by atoms with van der Waals surface area (Å²) >= 11 is 1.15. The van der Waals surface area contributed by atoms with Crippen LogP contribution in [0.3, 0.4) is 0 Å². The van der Waals surface area contributed by atoms with Gasteiger partial charge in [0.25, 0.3) is 0 Å². The fourth-order valence-electron chi connectivity index (χ4n) is 4.39. The van der Waals surface area contributed by atoms with Gasteiger partial charge in [-0.2, -0.15) is 11.8 Å². The van der Waals surface area contributed by atoms with Gasteiger partial charge >= 0.3 is 24.1 Å². The number of fused-ring (bicyclic) bond motifs is 3. The Labute approximate surface area is 251 Å². The highest BCUT2D eigenvalue weighted by atomic mass is 32.2. The molecule has 0 bridgehead atoms. The third kappa shape index (κ3) is 9.40. The lowest BCUT2D eigenvalue weighted by molar-refractivity contribution is -0.156. The van der Waals surface area contributed by atoms with Crippen LogP contribution in [0.15, 0.2) is 48.5 Å². The second-order valence-electron chi connectivity index (χ2n) is 11.8. The van der Waals surface area contributed by atoms with Gasteiger partial charge in [0.15, 0.2) is 0 Å². The molecule has 11 heteroatoms. The van der Waals surface area contributed by atoms with Crippen LogP contribution < -0.4 is 10.6 Å². The van der Waals surface area contributed by atoms with E-state index in [2.05, 4.69) is 10.6 Å². The van der Waals surface area contributed by atoms with E-state index < -0.39 is 47.4 Å². The van der Waals surface area contributed by atoms with Crippen molar-refractivity contribution in [3.63, 3.8) is 0 Å². The van der Waals surface area contributed by atoms with Gasteiger partial charge < -0.3 is 29.6 Å². The minimum Gasteiger partial charge on any atom is -0.467 e. The highest BCUT2D eigenvalue weighted by Crippen LogP contribution is 2.44. The number of alkyl carbamates (subject to hydrolysis) is 2. The van der Waals surface area contributed by atoms with E-state index in [4.69, 9.17) is 18.9 Å². The lowest BCUT2D eigenvalue weighted by atomic mass is 9.98. The normalized spacial score (nSPS) is 14.1. The van der Waals surface area contributed by atoms with Crippen LogP contribution in [-0.2, 0) is 28.5 Å². The molecule has 1 aliphatic rings. The number of hydrogen-bond acceptors (Lipinski definition) is 9. The summed E-state index contributed by atoms with van der Waals surface area (Å²) in [7, 11) is 1.21.